The van der Waals surface area contributed by atoms with E-state index in [9.17, 15) is 8.42 Å². The molecule has 21 heavy (non-hydrogen) atoms. The molecule has 1 aromatic heterocycles. The van der Waals surface area contributed by atoms with Gasteiger partial charge < -0.3 is 10.3 Å². The molecular formula is C15H27N3O2S. The quantitative estimate of drug-likeness (QED) is 0.724. The summed E-state index contributed by atoms with van der Waals surface area (Å²) < 4.78 is 26.9. The molecule has 2 N–H and O–H groups in total. The van der Waals surface area contributed by atoms with Crippen molar-refractivity contribution in [3.63, 3.8) is 0 Å². The molecule has 1 fully saturated rings. The Hall–Kier alpha value is -0.850. The Balaban J connectivity index is 2.00. The minimum atomic E-state index is -3.33. The van der Waals surface area contributed by atoms with Crippen molar-refractivity contribution in [2.24, 2.45) is 5.92 Å². The van der Waals surface area contributed by atoms with Gasteiger partial charge in [0.05, 0.1) is 4.90 Å². The molecule has 1 unspecified atom stereocenters. The topological polar surface area (TPSA) is 65.2 Å². The standard InChI is InChI=1S/C15H27N3O2S/c1-3-5-13-6-8-18(12-13)21(19,20)15-9-14(17-11-15)10-16-7-4-2/h9,11,13,16-17H,3-8,10,12H2,1-2H3. The summed E-state index contributed by atoms with van der Waals surface area (Å²) in [5.74, 6) is 0.523. The van der Waals surface area contributed by atoms with Crippen molar-refractivity contribution in [3.05, 3.63) is 18.0 Å². The number of nitrogens with one attached hydrogen (secondary N) is 2. The minimum Gasteiger partial charge on any atom is -0.363 e. The van der Waals surface area contributed by atoms with E-state index in [1.54, 1.807) is 16.6 Å². The summed E-state index contributed by atoms with van der Waals surface area (Å²) >= 11 is 0. The van der Waals surface area contributed by atoms with Crippen LogP contribution < -0.4 is 5.32 Å². The normalized spacial score (nSPS) is 20.2. The van der Waals surface area contributed by atoms with Crippen LogP contribution in [0.3, 0.4) is 0 Å². The molecule has 2 heterocycles. The number of nitrogens with zero attached hydrogens (tertiary/aromatic N) is 1. The van der Waals surface area contributed by atoms with E-state index in [-0.39, 0.29) is 0 Å². The van der Waals surface area contributed by atoms with E-state index >= 15 is 0 Å². The van der Waals surface area contributed by atoms with E-state index in [1.807, 2.05) is 0 Å². The smallest absolute Gasteiger partial charge is 0.244 e. The number of aromatic amines is 1. The second kappa shape index (κ2) is 7.42. The first kappa shape index (κ1) is 16.5. The predicted molar refractivity (Wildman–Crippen MR) is 84.6 cm³/mol. The van der Waals surface area contributed by atoms with Crippen molar-refractivity contribution in [2.45, 2.75) is 51.0 Å². The van der Waals surface area contributed by atoms with Crippen molar-refractivity contribution in [3.8, 4) is 0 Å². The molecule has 0 radical (unpaired) electrons. The highest BCUT2D eigenvalue weighted by Gasteiger charge is 2.32. The van der Waals surface area contributed by atoms with E-state index in [4.69, 9.17) is 0 Å². The van der Waals surface area contributed by atoms with Crippen LogP contribution in [0, 0.1) is 5.92 Å². The molecule has 1 saturated heterocycles. The summed E-state index contributed by atoms with van der Waals surface area (Å²) in [6.45, 7) is 7.21. The number of sulfonamides is 1. The molecule has 0 amide bonds. The maximum atomic E-state index is 12.6. The fourth-order valence-electron chi connectivity index (χ4n) is 2.88. The Morgan fingerprint density at radius 3 is 2.90 bits per heavy atom. The van der Waals surface area contributed by atoms with Crippen LogP contribution in [0.4, 0.5) is 0 Å². The molecule has 6 heteroatoms. The second-order valence-corrected chi connectivity index (χ2v) is 7.78. The first-order valence-electron chi connectivity index (χ1n) is 7.96. The third-order valence-corrected chi connectivity index (χ3v) is 5.88. The SMILES string of the molecule is CCCNCc1cc(S(=O)(=O)N2CCC(CCC)C2)c[nH]1. The van der Waals surface area contributed by atoms with Crippen LogP contribution in [-0.4, -0.2) is 37.3 Å². The van der Waals surface area contributed by atoms with Gasteiger partial charge in [0.15, 0.2) is 0 Å². The Kier molecular flexibility index (Phi) is 5.84. The third-order valence-electron chi connectivity index (χ3n) is 4.04. The van der Waals surface area contributed by atoms with Crippen LogP contribution in [0.1, 0.15) is 45.2 Å². The lowest BCUT2D eigenvalue weighted by Gasteiger charge is -2.15. The molecule has 1 aliphatic rings. The summed E-state index contributed by atoms with van der Waals surface area (Å²) in [6, 6.07) is 1.76. The Labute approximate surface area is 128 Å². The lowest BCUT2D eigenvalue weighted by molar-refractivity contribution is 0.444. The number of H-pyrrole nitrogens is 1. The van der Waals surface area contributed by atoms with Gasteiger partial charge in [-0.2, -0.15) is 4.31 Å². The molecule has 0 aromatic carbocycles. The zero-order valence-electron chi connectivity index (χ0n) is 13.1. The van der Waals surface area contributed by atoms with Crippen molar-refractivity contribution in [2.75, 3.05) is 19.6 Å². The lowest BCUT2D eigenvalue weighted by Crippen LogP contribution is -2.28. The summed E-state index contributed by atoms with van der Waals surface area (Å²) in [7, 11) is -3.33. The minimum absolute atomic E-state index is 0.396. The van der Waals surface area contributed by atoms with Crippen LogP contribution in [0.5, 0.6) is 0 Å². The highest BCUT2D eigenvalue weighted by Crippen LogP contribution is 2.27. The van der Waals surface area contributed by atoms with Gasteiger partial charge >= 0.3 is 0 Å². The fraction of sp³-hybridized carbons (Fsp3) is 0.733. The Bertz CT molecular complexity index is 539. The van der Waals surface area contributed by atoms with Crippen LogP contribution in [0.15, 0.2) is 17.2 Å². The van der Waals surface area contributed by atoms with Crippen molar-refractivity contribution >= 4 is 10.0 Å². The molecule has 0 saturated carbocycles. The van der Waals surface area contributed by atoms with Gasteiger partial charge in [0.1, 0.15) is 0 Å². The third kappa shape index (κ3) is 4.08. The van der Waals surface area contributed by atoms with Gasteiger partial charge in [-0.05, 0) is 37.8 Å². The monoisotopic (exact) mass is 313 g/mol. The highest BCUT2D eigenvalue weighted by molar-refractivity contribution is 7.89. The first-order chi connectivity index (χ1) is 10.1. The lowest BCUT2D eigenvalue weighted by atomic mass is 10.0. The van der Waals surface area contributed by atoms with Gasteiger partial charge in [0.25, 0.3) is 0 Å². The number of hydrogen-bond donors (Lipinski definition) is 2. The van der Waals surface area contributed by atoms with Crippen LogP contribution in [-0.2, 0) is 16.6 Å². The van der Waals surface area contributed by atoms with Gasteiger partial charge in [-0.1, -0.05) is 20.3 Å². The van der Waals surface area contributed by atoms with Crippen LogP contribution in [0.25, 0.3) is 0 Å². The average molecular weight is 313 g/mol. The zero-order chi connectivity index (χ0) is 15.3. The van der Waals surface area contributed by atoms with E-state index in [0.717, 1.165) is 37.9 Å². The Morgan fingerprint density at radius 2 is 2.19 bits per heavy atom. The van der Waals surface area contributed by atoms with Gasteiger partial charge in [-0.25, -0.2) is 8.42 Å². The predicted octanol–water partition coefficient (Wildman–Crippen LogP) is 2.32. The largest absolute Gasteiger partial charge is 0.363 e. The summed E-state index contributed by atoms with van der Waals surface area (Å²) in [5.41, 5.74) is 0.923. The summed E-state index contributed by atoms with van der Waals surface area (Å²) in [4.78, 5) is 3.46. The molecule has 0 aliphatic carbocycles. The van der Waals surface area contributed by atoms with Gasteiger partial charge in [0.2, 0.25) is 10.0 Å². The van der Waals surface area contributed by atoms with E-state index in [2.05, 4.69) is 24.1 Å². The molecule has 0 spiro atoms. The van der Waals surface area contributed by atoms with Crippen molar-refractivity contribution < 1.29 is 8.42 Å². The highest BCUT2D eigenvalue weighted by atomic mass is 32.2. The molecule has 0 bridgehead atoms. The van der Waals surface area contributed by atoms with E-state index < -0.39 is 10.0 Å². The Morgan fingerprint density at radius 1 is 1.38 bits per heavy atom. The molecule has 120 valence electrons. The maximum Gasteiger partial charge on any atom is 0.244 e. The molecule has 5 nitrogen and oxygen atoms in total. The number of rotatable bonds is 8. The first-order valence-corrected chi connectivity index (χ1v) is 9.40. The fourth-order valence-corrected chi connectivity index (χ4v) is 4.43. The van der Waals surface area contributed by atoms with E-state index in [0.29, 0.717) is 30.4 Å². The molecular weight excluding hydrogens is 286 g/mol. The van der Waals surface area contributed by atoms with Crippen molar-refractivity contribution in [1.82, 2.24) is 14.6 Å². The zero-order valence-corrected chi connectivity index (χ0v) is 13.9. The van der Waals surface area contributed by atoms with E-state index in [1.165, 1.54) is 0 Å². The maximum absolute atomic E-state index is 12.6. The number of aromatic nitrogens is 1. The average Bonchev–Trinajstić information content (AvgIpc) is 3.09. The van der Waals surface area contributed by atoms with Gasteiger partial charge in [-0.3, -0.25) is 0 Å². The molecule has 1 aliphatic heterocycles. The molecule has 1 atom stereocenters. The second-order valence-electron chi connectivity index (χ2n) is 5.84. The van der Waals surface area contributed by atoms with Gasteiger partial charge in [0, 0.05) is 31.5 Å². The van der Waals surface area contributed by atoms with Crippen LogP contribution in [0.2, 0.25) is 0 Å². The molecule has 2 rings (SSSR count). The summed E-state index contributed by atoms with van der Waals surface area (Å²) in [5, 5.41) is 3.27. The van der Waals surface area contributed by atoms with Crippen molar-refractivity contribution in [1.29, 1.82) is 0 Å². The van der Waals surface area contributed by atoms with Crippen LogP contribution >= 0.6 is 0 Å². The molecule has 1 aromatic rings. The number of hydrogen-bond acceptors (Lipinski definition) is 3. The van der Waals surface area contributed by atoms with Gasteiger partial charge in [-0.15, -0.1) is 0 Å². The summed E-state index contributed by atoms with van der Waals surface area (Å²) in [6.07, 6.45) is 5.91.